The molecule has 1 aliphatic rings. The number of nitrogens with one attached hydrogen (secondary N) is 1. The van der Waals surface area contributed by atoms with Gasteiger partial charge in [-0.25, -0.2) is 4.98 Å². The monoisotopic (exact) mass is 438 g/mol. The van der Waals surface area contributed by atoms with Gasteiger partial charge < -0.3 is 14.5 Å². The smallest absolute Gasteiger partial charge is 0.417 e. The van der Waals surface area contributed by atoms with Crippen LogP contribution in [0.5, 0.6) is 5.75 Å². The zero-order valence-electron chi connectivity index (χ0n) is 16.5. The molecule has 1 N–H and O–H groups in total. The molecule has 4 rings (SSSR count). The minimum absolute atomic E-state index is 0.0247. The highest BCUT2D eigenvalue weighted by atomic mass is 35.5. The number of alkyl halides is 3. The van der Waals surface area contributed by atoms with E-state index in [0.717, 1.165) is 50.4 Å². The van der Waals surface area contributed by atoms with Crippen LogP contribution in [0.4, 0.5) is 13.2 Å². The summed E-state index contributed by atoms with van der Waals surface area (Å²) in [4.78, 5) is 6.86. The van der Waals surface area contributed by atoms with Gasteiger partial charge in [-0.15, -0.1) is 0 Å². The first-order valence-corrected chi connectivity index (χ1v) is 10.1. The van der Waals surface area contributed by atoms with Crippen LogP contribution in [0.1, 0.15) is 17.7 Å². The zero-order chi connectivity index (χ0) is 21.3. The fourth-order valence-electron chi connectivity index (χ4n) is 3.71. The van der Waals surface area contributed by atoms with Crippen molar-refractivity contribution in [1.82, 2.24) is 19.6 Å². The topological polar surface area (TPSA) is 41.8 Å². The van der Waals surface area contributed by atoms with Gasteiger partial charge in [0.25, 0.3) is 0 Å². The maximum absolute atomic E-state index is 13.4. The van der Waals surface area contributed by atoms with E-state index in [-0.39, 0.29) is 5.02 Å². The summed E-state index contributed by atoms with van der Waals surface area (Å²) in [5.74, 6) is 0.694. The number of rotatable bonds is 4. The van der Waals surface area contributed by atoms with E-state index >= 15 is 0 Å². The van der Waals surface area contributed by atoms with Crippen LogP contribution >= 0.6 is 11.6 Å². The Kier molecular flexibility index (Phi) is 5.90. The first kappa shape index (κ1) is 21.0. The third-order valence-corrected chi connectivity index (χ3v) is 5.55. The predicted molar refractivity (Wildman–Crippen MR) is 110 cm³/mol. The predicted octanol–water partition coefficient (Wildman–Crippen LogP) is 4.48. The average molecular weight is 439 g/mol. The molecule has 3 heterocycles. The van der Waals surface area contributed by atoms with Gasteiger partial charge in [0, 0.05) is 31.4 Å². The fraction of sp³-hybridized carbons (Fsp3) is 0.381. The summed E-state index contributed by atoms with van der Waals surface area (Å²) in [5.41, 5.74) is 1.63. The van der Waals surface area contributed by atoms with E-state index in [1.54, 1.807) is 7.11 Å². The Hall–Kier alpha value is -2.29. The van der Waals surface area contributed by atoms with E-state index in [1.807, 2.05) is 24.3 Å². The summed E-state index contributed by atoms with van der Waals surface area (Å²) in [5, 5.41) is 3.32. The first-order valence-electron chi connectivity index (χ1n) is 9.72. The maximum Gasteiger partial charge on any atom is 0.417 e. The second kappa shape index (κ2) is 8.45. The number of imidazole rings is 1. The number of ether oxygens (including phenoxy) is 1. The molecule has 9 heteroatoms. The highest BCUT2D eigenvalue weighted by Gasteiger charge is 2.32. The van der Waals surface area contributed by atoms with Crippen LogP contribution in [0.15, 0.2) is 36.5 Å². The molecule has 0 aliphatic carbocycles. The first-order chi connectivity index (χ1) is 14.4. The molecule has 3 aromatic rings. The summed E-state index contributed by atoms with van der Waals surface area (Å²) < 4.78 is 47.0. The number of benzene rings is 1. The molecule has 160 valence electrons. The highest BCUT2D eigenvalue weighted by Crippen LogP contribution is 2.35. The van der Waals surface area contributed by atoms with Crippen molar-refractivity contribution in [3.05, 3.63) is 52.8 Å². The molecule has 2 aromatic heterocycles. The molecule has 1 aliphatic heterocycles. The maximum atomic E-state index is 13.4. The molecule has 1 fully saturated rings. The van der Waals surface area contributed by atoms with Crippen molar-refractivity contribution in [2.75, 3.05) is 33.3 Å². The number of hydrogen-bond donors (Lipinski definition) is 1. The third kappa shape index (κ3) is 4.26. The molecule has 0 radical (unpaired) electrons. The van der Waals surface area contributed by atoms with Crippen molar-refractivity contribution < 1.29 is 17.9 Å². The van der Waals surface area contributed by atoms with Gasteiger partial charge in [0.05, 0.1) is 29.1 Å². The van der Waals surface area contributed by atoms with Crippen molar-refractivity contribution >= 4 is 17.2 Å². The van der Waals surface area contributed by atoms with Crippen LogP contribution in [-0.4, -0.2) is 47.6 Å². The minimum atomic E-state index is -4.49. The lowest BCUT2D eigenvalue weighted by Crippen LogP contribution is -2.28. The van der Waals surface area contributed by atoms with Gasteiger partial charge in [-0.3, -0.25) is 4.90 Å². The van der Waals surface area contributed by atoms with Gasteiger partial charge in [-0.2, -0.15) is 13.2 Å². The highest BCUT2D eigenvalue weighted by molar-refractivity contribution is 6.33. The number of nitrogens with zero attached hydrogens (tertiary/aromatic N) is 3. The van der Waals surface area contributed by atoms with Crippen LogP contribution in [-0.2, 0) is 12.7 Å². The number of halogens is 4. The summed E-state index contributed by atoms with van der Waals surface area (Å²) >= 11 is 6.23. The molecule has 0 saturated carbocycles. The lowest BCUT2D eigenvalue weighted by Gasteiger charge is -2.20. The molecule has 1 aromatic carbocycles. The molecule has 0 amide bonds. The van der Waals surface area contributed by atoms with Crippen molar-refractivity contribution in [2.45, 2.75) is 19.1 Å². The molecular weight excluding hydrogens is 417 g/mol. The molecule has 30 heavy (non-hydrogen) atoms. The van der Waals surface area contributed by atoms with Gasteiger partial charge in [-0.05, 0) is 49.8 Å². The van der Waals surface area contributed by atoms with Gasteiger partial charge in [0.15, 0.2) is 5.65 Å². The summed E-state index contributed by atoms with van der Waals surface area (Å²) in [6.45, 7) is 3.90. The summed E-state index contributed by atoms with van der Waals surface area (Å²) in [7, 11) is 1.58. The normalized spacial score (nSPS) is 16.0. The molecule has 5 nitrogen and oxygen atoms in total. The number of pyridine rings is 1. The van der Waals surface area contributed by atoms with Gasteiger partial charge in [0.1, 0.15) is 5.75 Å². The molecular formula is C21H22ClF3N4O. The van der Waals surface area contributed by atoms with E-state index < -0.39 is 11.7 Å². The SMILES string of the molecule is COc1ccc(-c2nc3c(Cl)cc(C(F)(F)F)cn3c2CN2CCCNCC2)cc1. The second-order valence-electron chi connectivity index (χ2n) is 7.28. The van der Waals surface area contributed by atoms with Crippen LogP contribution in [0.2, 0.25) is 5.02 Å². The Morgan fingerprint density at radius 2 is 1.93 bits per heavy atom. The van der Waals surface area contributed by atoms with E-state index in [1.165, 1.54) is 4.40 Å². The van der Waals surface area contributed by atoms with Gasteiger partial charge >= 0.3 is 6.18 Å². The van der Waals surface area contributed by atoms with Crippen LogP contribution in [0.25, 0.3) is 16.9 Å². The molecule has 0 unspecified atom stereocenters. The molecule has 0 atom stereocenters. The van der Waals surface area contributed by atoms with Crippen LogP contribution < -0.4 is 10.1 Å². The summed E-state index contributed by atoms with van der Waals surface area (Å²) in [6.07, 6.45) is -2.43. The Bertz CT molecular complexity index is 1030. The van der Waals surface area contributed by atoms with E-state index in [0.29, 0.717) is 29.3 Å². The van der Waals surface area contributed by atoms with Crippen LogP contribution in [0.3, 0.4) is 0 Å². The minimum Gasteiger partial charge on any atom is -0.497 e. The second-order valence-corrected chi connectivity index (χ2v) is 7.69. The van der Waals surface area contributed by atoms with Crippen molar-refractivity contribution in [3.8, 4) is 17.0 Å². The Morgan fingerprint density at radius 3 is 2.63 bits per heavy atom. The number of fused-ring (bicyclic) bond motifs is 1. The lowest BCUT2D eigenvalue weighted by atomic mass is 10.1. The lowest BCUT2D eigenvalue weighted by molar-refractivity contribution is -0.137. The number of hydrogen-bond acceptors (Lipinski definition) is 4. The van der Waals surface area contributed by atoms with Crippen molar-refractivity contribution in [3.63, 3.8) is 0 Å². The van der Waals surface area contributed by atoms with Gasteiger partial charge in [0.2, 0.25) is 0 Å². The number of methoxy groups -OCH3 is 1. The summed E-state index contributed by atoms with van der Waals surface area (Å²) in [6, 6.07) is 8.25. The molecule has 0 bridgehead atoms. The Balaban J connectivity index is 1.86. The molecule has 0 spiro atoms. The fourth-order valence-corrected chi connectivity index (χ4v) is 3.96. The molecule has 1 saturated heterocycles. The van der Waals surface area contributed by atoms with E-state index in [9.17, 15) is 13.2 Å². The van der Waals surface area contributed by atoms with Crippen LogP contribution in [0, 0.1) is 0 Å². The van der Waals surface area contributed by atoms with Crippen molar-refractivity contribution in [1.29, 1.82) is 0 Å². The standard InChI is InChI=1S/C21H22ClF3N4O/c1-30-16-5-3-14(4-6-16)19-18(13-28-9-2-7-26-8-10-28)29-12-15(21(23,24)25)11-17(22)20(29)27-19/h3-6,11-12,26H,2,7-10,13H2,1H3. The third-order valence-electron chi connectivity index (χ3n) is 5.27. The zero-order valence-corrected chi connectivity index (χ0v) is 17.2. The number of aromatic nitrogens is 2. The van der Waals surface area contributed by atoms with E-state index in [4.69, 9.17) is 16.3 Å². The Morgan fingerprint density at radius 1 is 1.17 bits per heavy atom. The Labute approximate surface area is 177 Å². The quantitative estimate of drug-likeness (QED) is 0.652. The largest absolute Gasteiger partial charge is 0.497 e. The van der Waals surface area contributed by atoms with E-state index in [2.05, 4.69) is 15.2 Å². The van der Waals surface area contributed by atoms with Crippen molar-refractivity contribution in [2.24, 2.45) is 0 Å². The average Bonchev–Trinajstić information content (AvgIpc) is 2.89. The van der Waals surface area contributed by atoms with Gasteiger partial charge in [-0.1, -0.05) is 11.6 Å².